The number of amides is 1. The van der Waals surface area contributed by atoms with Crippen molar-refractivity contribution in [3.05, 3.63) is 100 Å². The number of benzene rings is 3. The third-order valence-corrected chi connectivity index (χ3v) is 6.71. The third-order valence-electron chi connectivity index (χ3n) is 6.27. The van der Waals surface area contributed by atoms with E-state index in [1.807, 2.05) is 87.5 Å². The molecule has 1 aromatic heterocycles. The summed E-state index contributed by atoms with van der Waals surface area (Å²) in [5.74, 6) is 0.754. The first kappa shape index (κ1) is 25.5. The summed E-state index contributed by atoms with van der Waals surface area (Å²) in [6.07, 6.45) is 0.722. The Morgan fingerprint density at radius 3 is 2.47 bits per heavy atom. The maximum absolute atomic E-state index is 13.9. The van der Waals surface area contributed by atoms with Gasteiger partial charge in [-0.15, -0.1) is 11.6 Å². The lowest BCUT2D eigenvalue weighted by Gasteiger charge is -2.32. The first-order valence-corrected chi connectivity index (χ1v) is 12.5. The van der Waals surface area contributed by atoms with E-state index in [9.17, 15) is 9.59 Å². The van der Waals surface area contributed by atoms with Gasteiger partial charge in [0.05, 0.1) is 29.7 Å². The van der Waals surface area contributed by atoms with Gasteiger partial charge in [-0.1, -0.05) is 55.5 Å². The Kier molecular flexibility index (Phi) is 7.75. The number of rotatable bonds is 8. The minimum Gasteiger partial charge on any atom is -0.495 e. The summed E-state index contributed by atoms with van der Waals surface area (Å²) in [5.41, 5.74) is 2.62. The molecular formula is C29H30ClN3O3. The Morgan fingerprint density at radius 1 is 1.08 bits per heavy atom. The zero-order valence-corrected chi connectivity index (χ0v) is 21.7. The van der Waals surface area contributed by atoms with Gasteiger partial charge in [0.1, 0.15) is 17.0 Å². The average molecular weight is 504 g/mol. The van der Waals surface area contributed by atoms with Crippen LogP contribution in [-0.2, 0) is 4.79 Å². The van der Waals surface area contributed by atoms with E-state index < -0.39 is 11.4 Å². The molecule has 186 valence electrons. The van der Waals surface area contributed by atoms with Gasteiger partial charge in [-0.3, -0.25) is 14.2 Å². The summed E-state index contributed by atoms with van der Waals surface area (Å²) in [7, 11) is 1.57. The molecule has 0 saturated carbocycles. The summed E-state index contributed by atoms with van der Waals surface area (Å²) in [4.78, 5) is 34.2. The van der Waals surface area contributed by atoms with Crippen LogP contribution in [0.5, 0.6) is 5.75 Å². The maximum atomic E-state index is 13.9. The lowest BCUT2D eigenvalue weighted by Crippen LogP contribution is -2.39. The standard InChI is InChI=1S/C29H30ClN3O3/c1-5-17-32(29(35)26(30)21-11-7-6-8-12-21)20(3)27-31-23-14-10-9-13-22(23)28(34)33(27)24-18-19(2)15-16-25(24)36-4/h6-16,18,20,26H,5,17H2,1-4H3. The largest absolute Gasteiger partial charge is 0.495 e. The highest BCUT2D eigenvalue weighted by Crippen LogP contribution is 2.31. The molecule has 6 nitrogen and oxygen atoms in total. The number of carbonyl (C=O) groups excluding carboxylic acids is 1. The topological polar surface area (TPSA) is 64.4 Å². The van der Waals surface area contributed by atoms with Crippen molar-refractivity contribution < 1.29 is 9.53 Å². The molecule has 0 fully saturated rings. The molecule has 36 heavy (non-hydrogen) atoms. The Labute approximate surface area is 216 Å². The first-order chi connectivity index (χ1) is 17.4. The van der Waals surface area contributed by atoms with E-state index in [1.54, 1.807) is 22.6 Å². The fourth-order valence-corrected chi connectivity index (χ4v) is 4.69. The summed E-state index contributed by atoms with van der Waals surface area (Å²) in [5, 5.41) is -0.362. The average Bonchev–Trinajstić information content (AvgIpc) is 2.91. The van der Waals surface area contributed by atoms with Gasteiger partial charge in [0.2, 0.25) is 5.91 Å². The first-order valence-electron chi connectivity index (χ1n) is 12.0. The van der Waals surface area contributed by atoms with Crippen molar-refractivity contribution in [3.63, 3.8) is 0 Å². The second-order valence-electron chi connectivity index (χ2n) is 8.78. The molecule has 1 amide bonds. The molecule has 4 rings (SSSR count). The molecule has 1 heterocycles. The predicted molar refractivity (Wildman–Crippen MR) is 144 cm³/mol. The zero-order chi connectivity index (χ0) is 25.8. The van der Waals surface area contributed by atoms with E-state index in [2.05, 4.69) is 0 Å². The van der Waals surface area contributed by atoms with Gasteiger partial charge >= 0.3 is 0 Å². The maximum Gasteiger partial charge on any atom is 0.266 e. The Balaban J connectivity index is 1.92. The second kappa shape index (κ2) is 11.0. The van der Waals surface area contributed by atoms with Crippen molar-refractivity contribution in [3.8, 4) is 11.4 Å². The van der Waals surface area contributed by atoms with Crippen LogP contribution in [0.25, 0.3) is 16.6 Å². The molecule has 0 saturated heterocycles. The fraction of sp³-hybridized carbons (Fsp3) is 0.276. The number of hydrogen-bond donors (Lipinski definition) is 0. The van der Waals surface area contributed by atoms with Gasteiger partial charge in [-0.05, 0) is 55.7 Å². The van der Waals surface area contributed by atoms with Crippen LogP contribution in [0, 0.1) is 6.92 Å². The van der Waals surface area contributed by atoms with Crippen LogP contribution >= 0.6 is 11.6 Å². The summed E-state index contributed by atoms with van der Waals surface area (Å²) in [6.45, 7) is 6.31. The molecule has 0 aliphatic carbocycles. The molecule has 4 aromatic rings. The third kappa shape index (κ3) is 4.86. The van der Waals surface area contributed by atoms with Crippen molar-refractivity contribution in [1.82, 2.24) is 14.5 Å². The van der Waals surface area contributed by atoms with E-state index >= 15 is 0 Å². The van der Waals surface area contributed by atoms with Crippen LogP contribution in [0.15, 0.2) is 77.6 Å². The van der Waals surface area contributed by atoms with Crippen LogP contribution < -0.4 is 10.3 Å². The molecular weight excluding hydrogens is 474 g/mol. The Bertz CT molecular complexity index is 1440. The number of hydrogen-bond acceptors (Lipinski definition) is 4. The van der Waals surface area contributed by atoms with Gasteiger partial charge in [0.25, 0.3) is 5.56 Å². The smallest absolute Gasteiger partial charge is 0.266 e. The van der Waals surface area contributed by atoms with Crippen LogP contribution in [-0.4, -0.2) is 34.0 Å². The molecule has 0 radical (unpaired) electrons. The van der Waals surface area contributed by atoms with Crippen molar-refractivity contribution in [2.45, 2.75) is 38.6 Å². The van der Waals surface area contributed by atoms with Gasteiger partial charge in [-0.25, -0.2) is 4.98 Å². The Morgan fingerprint density at radius 2 is 1.78 bits per heavy atom. The number of halogens is 1. The molecule has 7 heteroatoms. The fourth-order valence-electron chi connectivity index (χ4n) is 4.42. The van der Waals surface area contributed by atoms with Crippen molar-refractivity contribution >= 4 is 28.4 Å². The number of methoxy groups -OCH3 is 1. The number of carbonyl (C=O) groups is 1. The minimum atomic E-state index is -0.852. The molecule has 3 aromatic carbocycles. The molecule has 2 unspecified atom stereocenters. The zero-order valence-electron chi connectivity index (χ0n) is 20.9. The molecule has 0 aliphatic rings. The highest BCUT2D eigenvalue weighted by Gasteiger charge is 2.31. The molecule has 0 N–H and O–H groups in total. The van der Waals surface area contributed by atoms with Gasteiger partial charge in [0.15, 0.2) is 0 Å². The van der Waals surface area contributed by atoms with E-state index in [1.165, 1.54) is 0 Å². The van der Waals surface area contributed by atoms with Crippen molar-refractivity contribution in [1.29, 1.82) is 0 Å². The number of alkyl halides is 1. The lowest BCUT2D eigenvalue weighted by atomic mass is 10.1. The van der Waals surface area contributed by atoms with Crippen molar-refractivity contribution in [2.24, 2.45) is 0 Å². The number of ether oxygens (including phenoxy) is 1. The molecule has 0 bridgehead atoms. The van der Waals surface area contributed by atoms with Gasteiger partial charge in [0, 0.05) is 6.54 Å². The van der Waals surface area contributed by atoms with Gasteiger partial charge < -0.3 is 9.64 Å². The number of aryl methyl sites for hydroxylation is 1. The van der Waals surface area contributed by atoms with Crippen molar-refractivity contribution in [2.75, 3.05) is 13.7 Å². The number of para-hydroxylation sites is 1. The van der Waals surface area contributed by atoms with E-state index in [0.717, 1.165) is 17.5 Å². The number of aromatic nitrogens is 2. The van der Waals surface area contributed by atoms with Crippen LogP contribution in [0.3, 0.4) is 0 Å². The van der Waals surface area contributed by atoms with Gasteiger partial charge in [-0.2, -0.15) is 0 Å². The predicted octanol–water partition coefficient (Wildman–Crippen LogP) is 5.98. The molecule has 0 aliphatic heterocycles. The SMILES string of the molecule is CCCN(C(=O)C(Cl)c1ccccc1)C(C)c1nc2ccccc2c(=O)n1-c1cc(C)ccc1OC. The number of fused-ring (bicyclic) bond motifs is 1. The summed E-state index contributed by atoms with van der Waals surface area (Å²) >= 11 is 6.67. The van der Waals surface area contributed by atoms with E-state index in [-0.39, 0.29) is 11.5 Å². The van der Waals surface area contributed by atoms with E-state index in [4.69, 9.17) is 21.3 Å². The number of nitrogens with zero attached hydrogens (tertiary/aromatic N) is 3. The molecule has 2 atom stereocenters. The Hall–Kier alpha value is -3.64. The monoisotopic (exact) mass is 503 g/mol. The summed E-state index contributed by atoms with van der Waals surface area (Å²) in [6, 6.07) is 21.6. The van der Waals surface area contributed by atoms with Crippen LogP contribution in [0.4, 0.5) is 0 Å². The summed E-state index contributed by atoms with van der Waals surface area (Å²) < 4.78 is 7.19. The minimum absolute atomic E-state index is 0.222. The van der Waals surface area contributed by atoms with Crippen LogP contribution in [0.1, 0.15) is 48.6 Å². The molecule has 0 spiro atoms. The highest BCUT2D eigenvalue weighted by atomic mass is 35.5. The second-order valence-corrected chi connectivity index (χ2v) is 9.22. The lowest BCUT2D eigenvalue weighted by molar-refractivity contribution is -0.133. The highest BCUT2D eigenvalue weighted by molar-refractivity contribution is 6.30. The quantitative estimate of drug-likeness (QED) is 0.277. The normalized spacial score (nSPS) is 12.8. The van der Waals surface area contributed by atoms with Crippen LogP contribution in [0.2, 0.25) is 0 Å². The van der Waals surface area contributed by atoms with E-state index in [0.29, 0.717) is 34.7 Å².